The molecule has 0 amide bonds. The van der Waals surface area contributed by atoms with E-state index in [0.29, 0.717) is 23.9 Å². The highest BCUT2D eigenvalue weighted by Gasteiger charge is 2.21. The molecule has 0 heterocycles. The molecule has 58 heavy (non-hydrogen) atoms. The maximum atomic E-state index is 12.7. The van der Waals surface area contributed by atoms with Gasteiger partial charge in [-0.3, -0.25) is 14.2 Å². The van der Waals surface area contributed by atoms with Gasteiger partial charge in [0.2, 0.25) is 0 Å². The number of hydrogen-bond donors (Lipinski definition) is 0. The van der Waals surface area contributed by atoms with Gasteiger partial charge in [-0.05, 0) is 70.6 Å². The van der Waals surface area contributed by atoms with Crippen LogP contribution in [0.4, 0.5) is 0 Å². The zero-order valence-corrected chi connectivity index (χ0v) is 38.9. The first-order valence-corrected chi connectivity index (χ1v) is 24.8. The Morgan fingerprint density at radius 1 is 0.552 bits per heavy atom. The van der Waals surface area contributed by atoms with Crippen molar-refractivity contribution in [3.8, 4) is 0 Å². The van der Waals surface area contributed by atoms with Gasteiger partial charge in [0.05, 0.1) is 27.7 Å². The van der Waals surface area contributed by atoms with E-state index in [4.69, 9.17) is 18.5 Å². The van der Waals surface area contributed by atoms with Crippen molar-refractivity contribution >= 4 is 19.8 Å². The number of carbonyl (C=O) groups excluding carboxylic acids is 2. The molecule has 1 unspecified atom stereocenters. The summed E-state index contributed by atoms with van der Waals surface area (Å²) in [6, 6.07) is 0. The molecule has 9 nitrogen and oxygen atoms in total. The summed E-state index contributed by atoms with van der Waals surface area (Å²) < 4.78 is 33.9. The minimum Gasteiger partial charge on any atom is -0.756 e. The quantitative estimate of drug-likeness (QED) is 0.0196. The molecule has 338 valence electrons. The normalized spacial score (nSPS) is 14.0. The van der Waals surface area contributed by atoms with E-state index in [1.165, 1.54) is 83.5 Å². The average Bonchev–Trinajstić information content (AvgIpc) is 3.17. The standard InChI is InChI=1S/C48H88NO8P/c1-6-8-10-12-14-16-18-20-22-23-24-25-27-29-31-33-35-37-39-41-48(51)57-46(45-56-58(52,53)55-43-42-49(3,4)5)44-54-47(50)40-38-36-34-32-30-28-26-21-19-17-15-13-11-9-7-2/h9,11,15,17,20-22,26,46H,6-8,10,12-14,16,18-19,23-25,27-45H2,1-5H3/b11-9+,17-15+,22-20+,26-21+/t46-/m1/s1. The van der Waals surface area contributed by atoms with Crippen molar-refractivity contribution in [1.82, 2.24) is 0 Å². The molecular formula is C48H88NO8P. The first kappa shape index (κ1) is 56.0. The van der Waals surface area contributed by atoms with Crippen LogP contribution in [-0.2, 0) is 32.7 Å². The molecule has 0 radical (unpaired) electrons. The Kier molecular flexibility index (Phi) is 39.0. The number of nitrogens with zero attached hydrogens (tertiary/aromatic N) is 1. The van der Waals surface area contributed by atoms with Crippen molar-refractivity contribution in [3.63, 3.8) is 0 Å². The highest BCUT2D eigenvalue weighted by molar-refractivity contribution is 7.45. The number of quaternary nitrogens is 1. The van der Waals surface area contributed by atoms with Crippen molar-refractivity contribution < 1.29 is 42.1 Å². The molecule has 0 aliphatic heterocycles. The highest BCUT2D eigenvalue weighted by atomic mass is 31.2. The van der Waals surface area contributed by atoms with Crippen LogP contribution in [0.2, 0.25) is 0 Å². The maximum absolute atomic E-state index is 12.7. The van der Waals surface area contributed by atoms with Crippen LogP contribution in [0.3, 0.4) is 0 Å². The van der Waals surface area contributed by atoms with Crippen molar-refractivity contribution in [2.45, 2.75) is 200 Å². The third kappa shape index (κ3) is 43.5. The average molecular weight is 838 g/mol. The molecule has 0 rings (SSSR count). The molecule has 0 bridgehead atoms. The van der Waals surface area contributed by atoms with Crippen LogP contribution in [-0.4, -0.2) is 70.0 Å². The topological polar surface area (TPSA) is 111 Å². The summed E-state index contributed by atoms with van der Waals surface area (Å²) >= 11 is 0. The SMILES string of the molecule is CC/C=C/C/C=C/C/C=C/CCCCCCCC(=O)OC[C@H](COP(=O)([O-])OCC[N+](C)(C)C)OC(=O)CCCCCCCCCCC/C=C/CCCCCCCC. The summed E-state index contributed by atoms with van der Waals surface area (Å²) in [5, 5.41) is 0. The summed E-state index contributed by atoms with van der Waals surface area (Å²) in [5.41, 5.74) is 0. The number of esters is 2. The molecule has 0 N–H and O–H groups in total. The van der Waals surface area contributed by atoms with Gasteiger partial charge in [0, 0.05) is 12.8 Å². The number of likely N-dealkylation sites (N-methyl/N-ethyl adjacent to an activating group) is 1. The second-order valence-electron chi connectivity index (χ2n) is 16.7. The van der Waals surface area contributed by atoms with Crippen molar-refractivity contribution in [1.29, 1.82) is 0 Å². The summed E-state index contributed by atoms with van der Waals surface area (Å²) in [6.07, 6.45) is 47.1. The minimum absolute atomic E-state index is 0.0353. The van der Waals surface area contributed by atoms with Gasteiger partial charge in [0.15, 0.2) is 6.10 Å². The van der Waals surface area contributed by atoms with E-state index >= 15 is 0 Å². The third-order valence-electron chi connectivity index (χ3n) is 9.83. The lowest BCUT2D eigenvalue weighted by molar-refractivity contribution is -0.870. The molecule has 0 spiro atoms. The number of rotatable bonds is 42. The Balaban J connectivity index is 4.33. The smallest absolute Gasteiger partial charge is 0.306 e. The van der Waals surface area contributed by atoms with Crippen molar-refractivity contribution in [3.05, 3.63) is 48.6 Å². The number of hydrogen-bond acceptors (Lipinski definition) is 8. The van der Waals surface area contributed by atoms with E-state index in [9.17, 15) is 19.0 Å². The summed E-state index contributed by atoms with van der Waals surface area (Å²) in [7, 11) is 1.15. The molecule has 0 fully saturated rings. The van der Waals surface area contributed by atoms with Gasteiger partial charge in [-0.25, -0.2) is 0 Å². The van der Waals surface area contributed by atoms with E-state index in [-0.39, 0.29) is 26.1 Å². The number of allylic oxidation sites excluding steroid dienone is 8. The first-order chi connectivity index (χ1) is 28.0. The maximum Gasteiger partial charge on any atom is 0.306 e. The number of unbranched alkanes of at least 4 members (excludes halogenated alkanes) is 20. The molecule has 0 aromatic heterocycles. The van der Waals surface area contributed by atoms with Crippen LogP contribution in [0.1, 0.15) is 194 Å². The summed E-state index contributed by atoms with van der Waals surface area (Å²) in [5.74, 6) is -0.856. The third-order valence-corrected chi connectivity index (χ3v) is 10.8. The second kappa shape index (κ2) is 40.4. The largest absolute Gasteiger partial charge is 0.756 e. The Labute approximate surface area is 356 Å². The van der Waals surface area contributed by atoms with E-state index in [1.54, 1.807) is 0 Å². The fourth-order valence-electron chi connectivity index (χ4n) is 6.19. The van der Waals surface area contributed by atoms with E-state index in [2.05, 4.69) is 62.5 Å². The van der Waals surface area contributed by atoms with Crippen LogP contribution in [0, 0.1) is 0 Å². The Morgan fingerprint density at radius 3 is 1.48 bits per heavy atom. The molecule has 0 saturated carbocycles. The van der Waals surface area contributed by atoms with Gasteiger partial charge < -0.3 is 27.9 Å². The molecule has 10 heteroatoms. The predicted molar refractivity (Wildman–Crippen MR) is 240 cm³/mol. The van der Waals surface area contributed by atoms with Gasteiger partial charge in [0.25, 0.3) is 7.82 Å². The number of phosphoric ester groups is 1. The summed E-state index contributed by atoms with van der Waals surface area (Å²) in [6.45, 7) is 4.09. The van der Waals surface area contributed by atoms with E-state index < -0.39 is 32.5 Å². The Morgan fingerprint density at radius 2 is 0.983 bits per heavy atom. The van der Waals surface area contributed by atoms with Gasteiger partial charge in [-0.1, -0.05) is 159 Å². The van der Waals surface area contributed by atoms with E-state index in [0.717, 1.165) is 70.6 Å². The molecular weight excluding hydrogens is 750 g/mol. The van der Waals surface area contributed by atoms with Gasteiger partial charge in [0.1, 0.15) is 19.8 Å². The van der Waals surface area contributed by atoms with Crippen LogP contribution >= 0.6 is 7.82 Å². The zero-order valence-electron chi connectivity index (χ0n) is 38.0. The van der Waals surface area contributed by atoms with Gasteiger partial charge >= 0.3 is 11.9 Å². The number of phosphoric acid groups is 1. The predicted octanol–water partition coefficient (Wildman–Crippen LogP) is 12.8. The lowest BCUT2D eigenvalue weighted by Crippen LogP contribution is -2.37. The summed E-state index contributed by atoms with van der Waals surface area (Å²) in [4.78, 5) is 37.6. The zero-order chi connectivity index (χ0) is 42.8. The van der Waals surface area contributed by atoms with Gasteiger partial charge in [-0.15, -0.1) is 0 Å². The molecule has 0 aromatic rings. The van der Waals surface area contributed by atoms with Crippen molar-refractivity contribution in [2.75, 3.05) is 47.5 Å². The fraction of sp³-hybridized carbons (Fsp3) is 0.792. The molecule has 0 aliphatic carbocycles. The minimum atomic E-state index is -4.63. The molecule has 0 aliphatic rings. The molecule has 0 saturated heterocycles. The van der Waals surface area contributed by atoms with Crippen molar-refractivity contribution in [2.24, 2.45) is 0 Å². The van der Waals surface area contributed by atoms with Gasteiger partial charge in [-0.2, -0.15) is 0 Å². The van der Waals surface area contributed by atoms with Crippen LogP contribution in [0.5, 0.6) is 0 Å². The second-order valence-corrected chi connectivity index (χ2v) is 18.1. The molecule has 0 aromatic carbocycles. The highest BCUT2D eigenvalue weighted by Crippen LogP contribution is 2.38. The monoisotopic (exact) mass is 838 g/mol. The molecule has 2 atom stereocenters. The lowest BCUT2D eigenvalue weighted by atomic mass is 10.1. The fourth-order valence-corrected chi connectivity index (χ4v) is 6.92. The Hall–Kier alpha value is -2.03. The Bertz CT molecular complexity index is 1130. The lowest BCUT2D eigenvalue weighted by Gasteiger charge is -2.28. The number of ether oxygens (including phenoxy) is 2. The van der Waals surface area contributed by atoms with E-state index in [1.807, 2.05) is 21.1 Å². The van der Waals surface area contributed by atoms with Crippen LogP contribution in [0.15, 0.2) is 48.6 Å². The number of carbonyl (C=O) groups is 2. The van der Waals surface area contributed by atoms with Crippen LogP contribution < -0.4 is 4.89 Å². The first-order valence-electron chi connectivity index (χ1n) is 23.3. The van der Waals surface area contributed by atoms with Crippen LogP contribution in [0.25, 0.3) is 0 Å².